The van der Waals surface area contributed by atoms with Crippen molar-refractivity contribution in [1.82, 2.24) is 4.90 Å². The number of nitrogens with zero attached hydrogens (tertiary/aromatic N) is 1. The number of halogens is 1. The van der Waals surface area contributed by atoms with E-state index in [0.717, 1.165) is 0 Å². The van der Waals surface area contributed by atoms with Crippen molar-refractivity contribution in [3.05, 3.63) is 28.3 Å². The number of amides is 1. The first-order valence-corrected chi connectivity index (χ1v) is 9.01. The maximum atomic E-state index is 12.1. The van der Waals surface area contributed by atoms with Crippen LogP contribution in [0.15, 0.2) is 12.1 Å². The number of hydrogen-bond acceptors (Lipinski definition) is 5. The highest BCUT2D eigenvalue weighted by molar-refractivity contribution is 6.31. The lowest BCUT2D eigenvalue weighted by molar-refractivity contribution is 0.0125. The van der Waals surface area contributed by atoms with Crippen molar-refractivity contribution < 1.29 is 23.8 Å². The molecule has 1 saturated heterocycles. The zero-order valence-electron chi connectivity index (χ0n) is 15.9. The number of carbonyl (C=O) groups excluding carboxylic acids is 2. The van der Waals surface area contributed by atoms with E-state index >= 15 is 0 Å². The Bertz CT molecular complexity index is 675. The topological polar surface area (TPSA) is 65.1 Å². The highest BCUT2D eigenvalue weighted by atomic mass is 35.5. The van der Waals surface area contributed by atoms with Crippen molar-refractivity contribution in [2.24, 2.45) is 0 Å². The number of ether oxygens (including phenoxy) is 3. The van der Waals surface area contributed by atoms with Gasteiger partial charge < -0.3 is 19.1 Å². The van der Waals surface area contributed by atoms with Crippen LogP contribution in [0.3, 0.4) is 0 Å². The van der Waals surface area contributed by atoms with Gasteiger partial charge >= 0.3 is 12.1 Å². The van der Waals surface area contributed by atoms with Gasteiger partial charge in [-0.05, 0) is 39.8 Å². The summed E-state index contributed by atoms with van der Waals surface area (Å²) in [5, 5.41) is 0.414. The maximum Gasteiger partial charge on any atom is 0.410 e. The molecule has 1 fully saturated rings. The first-order chi connectivity index (χ1) is 12.1. The molecule has 0 spiro atoms. The summed E-state index contributed by atoms with van der Waals surface area (Å²) in [5.74, 6) is 0.114. The molecule has 0 aromatic heterocycles. The minimum absolute atomic E-state index is 0.0589. The van der Waals surface area contributed by atoms with Crippen LogP contribution < -0.4 is 4.74 Å². The molecule has 0 radical (unpaired) electrons. The molecule has 1 aliphatic rings. The van der Waals surface area contributed by atoms with Crippen LogP contribution in [0.1, 0.15) is 49.5 Å². The van der Waals surface area contributed by atoms with Crippen LogP contribution in [-0.4, -0.2) is 48.9 Å². The lowest BCUT2D eigenvalue weighted by Crippen LogP contribution is -2.44. The Hall–Kier alpha value is -1.95. The molecule has 1 heterocycles. The lowest BCUT2D eigenvalue weighted by atomic mass is 10.1. The Labute approximate surface area is 159 Å². The minimum Gasteiger partial charge on any atom is -0.490 e. The van der Waals surface area contributed by atoms with Gasteiger partial charge in [-0.1, -0.05) is 11.6 Å². The van der Waals surface area contributed by atoms with Crippen LogP contribution in [0.25, 0.3) is 0 Å². The SMILES string of the molecule is COC(=O)c1cc(Cl)cc(OC2CCN(C(=O)OC(C)(C)C)CC2)c1C. The average Bonchev–Trinajstić information content (AvgIpc) is 2.56. The van der Waals surface area contributed by atoms with E-state index in [-0.39, 0.29) is 12.2 Å². The Morgan fingerprint density at radius 3 is 2.35 bits per heavy atom. The quantitative estimate of drug-likeness (QED) is 0.731. The van der Waals surface area contributed by atoms with Gasteiger partial charge in [0.2, 0.25) is 0 Å². The van der Waals surface area contributed by atoms with E-state index in [1.807, 2.05) is 20.8 Å². The van der Waals surface area contributed by atoms with Crippen LogP contribution in [0.5, 0.6) is 5.75 Å². The van der Waals surface area contributed by atoms with E-state index in [2.05, 4.69) is 0 Å². The molecule has 1 aliphatic heterocycles. The number of piperidine rings is 1. The van der Waals surface area contributed by atoms with Crippen LogP contribution in [0.4, 0.5) is 4.79 Å². The molecule has 7 heteroatoms. The second-order valence-electron chi connectivity index (χ2n) is 7.35. The van der Waals surface area contributed by atoms with Crippen LogP contribution in [0, 0.1) is 6.92 Å². The van der Waals surface area contributed by atoms with Crippen molar-refractivity contribution in [3.63, 3.8) is 0 Å². The Morgan fingerprint density at radius 1 is 1.19 bits per heavy atom. The van der Waals surface area contributed by atoms with E-state index in [9.17, 15) is 9.59 Å². The Kier molecular flexibility index (Phi) is 6.39. The van der Waals surface area contributed by atoms with E-state index in [1.54, 1.807) is 24.0 Å². The number of rotatable bonds is 3. The maximum absolute atomic E-state index is 12.1. The molecule has 0 aliphatic carbocycles. The summed E-state index contributed by atoms with van der Waals surface area (Å²) in [6, 6.07) is 3.27. The third-order valence-electron chi connectivity index (χ3n) is 4.12. The van der Waals surface area contributed by atoms with Gasteiger partial charge in [0.1, 0.15) is 17.5 Å². The molecule has 6 nitrogen and oxygen atoms in total. The standard InChI is InChI=1S/C19H26ClNO5/c1-12-15(17(22)24-5)10-13(20)11-16(12)25-14-6-8-21(9-7-14)18(23)26-19(2,3)4/h10-11,14H,6-9H2,1-5H3. The van der Waals surface area contributed by atoms with Crippen LogP contribution >= 0.6 is 11.6 Å². The molecule has 1 aromatic rings. The highest BCUT2D eigenvalue weighted by Crippen LogP contribution is 2.30. The molecule has 0 atom stereocenters. The minimum atomic E-state index is -0.507. The predicted molar refractivity (Wildman–Crippen MR) is 99.0 cm³/mol. The van der Waals surface area contributed by atoms with E-state index in [1.165, 1.54) is 7.11 Å². The number of benzene rings is 1. The van der Waals surface area contributed by atoms with Crippen LogP contribution in [-0.2, 0) is 9.47 Å². The zero-order chi connectivity index (χ0) is 19.5. The first-order valence-electron chi connectivity index (χ1n) is 8.63. The largest absolute Gasteiger partial charge is 0.490 e. The normalized spacial score (nSPS) is 15.5. The third-order valence-corrected chi connectivity index (χ3v) is 4.34. The molecular formula is C19H26ClNO5. The molecule has 144 valence electrons. The molecule has 26 heavy (non-hydrogen) atoms. The third kappa shape index (κ3) is 5.27. The molecule has 0 saturated carbocycles. The van der Waals surface area contributed by atoms with Gasteiger partial charge in [-0.25, -0.2) is 9.59 Å². The first kappa shape index (κ1) is 20.4. The van der Waals surface area contributed by atoms with Gasteiger partial charge in [0.15, 0.2) is 0 Å². The second-order valence-corrected chi connectivity index (χ2v) is 7.79. The number of likely N-dealkylation sites (tertiary alicyclic amines) is 1. The Morgan fingerprint density at radius 2 is 1.81 bits per heavy atom. The molecule has 1 amide bonds. The van der Waals surface area contributed by atoms with Crippen molar-refractivity contribution in [2.45, 2.75) is 52.2 Å². The van der Waals surface area contributed by atoms with Crippen molar-refractivity contribution in [1.29, 1.82) is 0 Å². The van der Waals surface area contributed by atoms with Crippen molar-refractivity contribution in [2.75, 3.05) is 20.2 Å². The molecule has 0 bridgehead atoms. The fourth-order valence-corrected chi connectivity index (χ4v) is 2.97. The fraction of sp³-hybridized carbons (Fsp3) is 0.579. The number of methoxy groups -OCH3 is 1. The molecular weight excluding hydrogens is 358 g/mol. The summed E-state index contributed by atoms with van der Waals surface area (Å²) in [6.07, 6.45) is 0.997. The fourth-order valence-electron chi connectivity index (χ4n) is 2.76. The van der Waals surface area contributed by atoms with Gasteiger partial charge in [-0.3, -0.25) is 0 Å². The Balaban J connectivity index is 2.01. The summed E-state index contributed by atoms with van der Waals surface area (Å²) >= 11 is 6.11. The van der Waals surface area contributed by atoms with Gasteiger partial charge in [0.05, 0.1) is 12.7 Å². The van der Waals surface area contributed by atoms with E-state index in [0.29, 0.717) is 47.8 Å². The monoisotopic (exact) mass is 383 g/mol. The number of hydrogen-bond donors (Lipinski definition) is 0. The number of carbonyl (C=O) groups is 2. The summed E-state index contributed by atoms with van der Waals surface area (Å²) in [7, 11) is 1.33. The average molecular weight is 384 g/mol. The summed E-state index contributed by atoms with van der Waals surface area (Å²) < 4.78 is 16.2. The molecule has 2 rings (SSSR count). The second kappa shape index (κ2) is 8.16. The molecule has 0 N–H and O–H groups in total. The van der Waals surface area contributed by atoms with Gasteiger partial charge in [0.25, 0.3) is 0 Å². The summed E-state index contributed by atoms with van der Waals surface area (Å²) in [5.41, 5.74) is 0.573. The smallest absolute Gasteiger partial charge is 0.410 e. The van der Waals surface area contributed by atoms with Gasteiger partial charge in [-0.2, -0.15) is 0 Å². The number of esters is 1. The zero-order valence-corrected chi connectivity index (χ0v) is 16.7. The summed E-state index contributed by atoms with van der Waals surface area (Å²) in [6.45, 7) is 8.46. The van der Waals surface area contributed by atoms with E-state index in [4.69, 9.17) is 25.8 Å². The molecule has 1 aromatic carbocycles. The lowest BCUT2D eigenvalue weighted by Gasteiger charge is -2.33. The molecule has 0 unspecified atom stereocenters. The van der Waals surface area contributed by atoms with Crippen molar-refractivity contribution >= 4 is 23.7 Å². The van der Waals surface area contributed by atoms with Gasteiger partial charge in [0, 0.05) is 36.5 Å². The summed E-state index contributed by atoms with van der Waals surface area (Å²) in [4.78, 5) is 25.7. The van der Waals surface area contributed by atoms with Crippen LogP contribution in [0.2, 0.25) is 5.02 Å². The highest BCUT2D eigenvalue weighted by Gasteiger charge is 2.28. The van der Waals surface area contributed by atoms with Gasteiger partial charge in [-0.15, -0.1) is 0 Å². The predicted octanol–water partition coefficient (Wildman–Crippen LogP) is 4.21. The van der Waals surface area contributed by atoms with Crippen molar-refractivity contribution in [3.8, 4) is 5.75 Å². The van der Waals surface area contributed by atoms with E-state index < -0.39 is 11.6 Å².